The molecule has 3 rings (SSSR count). The molecule has 0 unspecified atom stereocenters. The molecule has 1 amide bonds. The fraction of sp³-hybridized carbons (Fsp3) is 0.500. The summed E-state index contributed by atoms with van der Waals surface area (Å²) in [6, 6.07) is 1.79. The third kappa shape index (κ3) is 2.01. The van der Waals surface area contributed by atoms with Crippen LogP contribution in [0.4, 0.5) is 5.82 Å². The number of amides is 1. The highest BCUT2D eigenvalue weighted by molar-refractivity contribution is 5.86. The Bertz CT molecular complexity index is 676. The molecule has 0 aliphatic carbocycles. The number of aryl methyl sites for hydroxylation is 3. The summed E-state index contributed by atoms with van der Waals surface area (Å²) in [5.74, 6) is 0.888. The van der Waals surface area contributed by atoms with Crippen molar-refractivity contribution in [2.24, 2.45) is 0 Å². The predicted molar refractivity (Wildman–Crippen MR) is 76.9 cm³/mol. The van der Waals surface area contributed by atoms with Gasteiger partial charge in [0.2, 0.25) is 5.91 Å². The van der Waals surface area contributed by atoms with Gasteiger partial charge in [-0.3, -0.25) is 4.79 Å². The summed E-state index contributed by atoms with van der Waals surface area (Å²) in [5.41, 5.74) is 3.91. The maximum atomic E-state index is 11.7. The Kier molecular flexibility index (Phi) is 3.08. The van der Waals surface area contributed by atoms with Crippen LogP contribution in [-0.2, 0) is 11.2 Å². The van der Waals surface area contributed by atoms with Crippen molar-refractivity contribution < 1.29 is 4.79 Å². The van der Waals surface area contributed by atoms with Crippen LogP contribution in [0.2, 0.25) is 0 Å². The number of carbonyl (C=O) groups excluding carboxylic acids is 1. The van der Waals surface area contributed by atoms with Crippen LogP contribution >= 0.6 is 0 Å². The second kappa shape index (κ2) is 4.77. The van der Waals surface area contributed by atoms with E-state index in [1.807, 2.05) is 19.9 Å². The Labute approximate surface area is 117 Å². The minimum atomic E-state index is -0.185. The normalized spacial score (nSPS) is 18.6. The molecule has 2 N–H and O–H groups in total. The number of nitrogens with zero attached hydrogens (tertiary/aromatic N) is 3. The molecular weight excluding hydrogens is 254 g/mol. The zero-order valence-corrected chi connectivity index (χ0v) is 12.0. The minimum Gasteiger partial charge on any atom is -0.358 e. The minimum absolute atomic E-state index is 0.0496. The van der Waals surface area contributed by atoms with Gasteiger partial charge in [-0.2, -0.15) is 9.61 Å². The van der Waals surface area contributed by atoms with E-state index in [1.165, 1.54) is 0 Å². The number of anilines is 1. The van der Waals surface area contributed by atoms with Crippen molar-refractivity contribution in [3.8, 4) is 0 Å². The first-order valence-corrected chi connectivity index (χ1v) is 7.00. The molecular formula is C14H19N5O. The first-order chi connectivity index (χ1) is 9.60. The van der Waals surface area contributed by atoms with Crippen molar-refractivity contribution >= 4 is 17.4 Å². The number of hydrogen-bond acceptors (Lipinski definition) is 4. The van der Waals surface area contributed by atoms with E-state index < -0.39 is 0 Å². The molecule has 0 aromatic carbocycles. The molecule has 1 fully saturated rings. The van der Waals surface area contributed by atoms with Crippen molar-refractivity contribution in [2.75, 3.05) is 11.9 Å². The molecule has 0 radical (unpaired) electrons. The van der Waals surface area contributed by atoms with Gasteiger partial charge in [-0.1, -0.05) is 6.92 Å². The SMILES string of the molecule is CCc1cc(N[C@H]2CCNC2=O)n2nc(C)c(C)c2n1. The summed E-state index contributed by atoms with van der Waals surface area (Å²) in [4.78, 5) is 16.4. The van der Waals surface area contributed by atoms with Crippen LogP contribution in [0.5, 0.6) is 0 Å². The lowest BCUT2D eigenvalue weighted by Gasteiger charge is -2.13. The van der Waals surface area contributed by atoms with Gasteiger partial charge in [-0.15, -0.1) is 0 Å². The van der Waals surface area contributed by atoms with Crippen LogP contribution in [0.15, 0.2) is 6.07 Å². The van der Waals surface area contributed by atoms with Gasteiger partial charge >= 0.3 is 0 Å². The first kappa shape index (κ1) is 12.9. The van der Waals surface area contributed by atoms with Crippen molar-refractivity contribution in [1.29, 1.82) is 0 Å². The number of hydrogen-bond donors (Lipinski definition) is 2. The zero-order valence-electron chi connectivity index (χ0n) is 12.0. The standard InChI is InChI=1S/C14H19N5O/c1-4-10-7-12(17-11-5-6-15-14(11)20)19-13(16-10)8(2)9(3)18-19/h7,11,17H,4-6H2,1-3H3,(H,15,20)/t11-/m0/s1. The Morgan fingerprint density at radius 1 is 1.50 bits per heavy atom. The second-order valence-electron chi connectivity index (χ2n) is 5.21. The van der Waals surface area contributed by atoms with Gasteiger partial charge in [0.1, 0.15) is 11.9 Å². The smallest absolute Gasteiger partial charge is 0.242 e. The predicted octanol–water partition coefficient (Wildman–Crippen LogP) is 1.21. The average molecular weight is 273 g/mol. The largest absolute Gasteiger partial charge is 0.358 e. The van der Waals surface area contributed by atoms with Gasteiger partial charge in [0, 0.05) is 23.9 Å². The summed E-state index contributed by atoms with van der Waals surface area (Å²) in [6.45, 7) is 6.80. The highest BCUT2D eigenvalue weighted by Crippen LogP contribution is 2.20. The fourth-order valence-electron chi connectivity index (χ4n) is 2.47. The van der Waals surface area contributed by atoms with Crippen LogP contribution in [0.1, 0.15) is 30.3 Å². The van der Waals surface area contributed by atoms with E-state index in [-0.39, 0.29) is 11.9 Å². The van der Waals surface area contributed by atoms with Crippen LogP contribution in [0.3, 0.4) is 0 Å². The molecule has 3 heterocycles. The Balaban J connectivity index is 2.08. The number of aromatic nitrogens is 3. The van der Waals surface area contributed by atoms with Crippen molar-refractivity contribution in [1.82, 2.24) is 19.9 Å². The fourth-order valence-corrected chi connectivity index (χ4v) is 2.47. The molecule has 2 aromatic rings. The molecule has 20 heavy (non-hydrogen) atoms. The molecule has 6 heteroatoms. The first-order valence-electron chi connectivity index (χ1n) is 7.00. The summed E-state index contributed by atoms with van der Waals surface area (Å²) in [6.07, 6.45) is 1.65. The quantitative estimate of drug-likeness (QED) is 0.881. The maximum Gasteiger partial charge on any atom is 0.242 e. The molecule has 0 spiro atoms. The second-order valence-corrected chi connectivity index (χ2v) is 5.21. The van der Waals surface area contributed by atoms with E-state index >= 15 is 0 Å². The van der Waals surface area contributed by atoms with Crippen molar-refractivity contribution in [2.45, 2.75) is 39.7 Å². The third-order valence-electron chi connectivity index (χ3n) is 3.84. The van der Waals surface area contributed by atoms with E-state index in [0.29, 0.717) is 0 Å². The number of rotatable bonds is 3. The van der Waals surface area contributed by atoms with Crippen LogP contribution < -0.4 is 10.6 Å². The van der Waals surface area contributed by atoms with Crippen LogP contribution in [-0.4, -0.2) is 33.1 Å². The number of nitrogens with one attached hydrogen (secondary N) is 2. The molecule has 0 saturated carbocycles. The van der Waals surface area contributed by atoms with Crippen LogP contribution in [0, 0.1) is 13.8 Å². The molecule has 1 saturated heterocycles. The summed E-state index contributed by atoms with van der Waals surface area (Å²) >= 11 is 0. The van der Waals surface area contributed by atoms with Gasteiger partial charge in [0.05, 0.1) is 5.69 Å². The zero-order chi connectivity index (χ0) is 14.3. The van der Waals surface area contributed by atoms with E-state index in [4.69, 9.17) is 0 Å². The highest BCUT2D eigenvalue weighted by atomic mass is 16.2. The average Bonchev–Trinajstić information content (AvgIpc) is 2.96. The van der Waals surface area contributed by atoms with E-state index in [2.05, 4.69) is 27.6 Å². The third-order valence-corrected chi connectivity index (χ3v) is 3.84. The molecule has 106 valence electrons. The van der Waals surface area contributed by atoms with Gasteiger partial charge < -0.3 is 10.6 Å². The number of fused-ring (bicyclic) bond motifs is 1. The van der Waals surface area contributed by atoms with E-state index in [1.54, 1.807) is 4.52 Å². The lowest BCUT2D eigenvalue weighted by atomic mass is 10.2. The Morgan fingerprint density at radius 2 is 2.30 bits per heavy atom. The van der Waals surface area contributed by atoms with Crippen molar-refractivity contribution in [3.63, 3.8) is 0 Å². The lowest BCUT2D eigenvalue weighted by Crippen LogP contribution is -2.30. The number of carbonyl (C=O) groups is 1. The molecule has 0 bridgehead atoms. The highest BCUT2D eigenvalue weighted by Gasteiger charge is 2.25. The van der Waals surface area contributed by atoms with Gasteiger partial charge in [0.25, 0.3) is 0 Å². The molecule has 1 aliphatic rings. The summed E-state index contributed by atoms with van der Waals surface area (Å²) in [7, 11) is 0. The molecule has 2 aromatic heterocycles. The lowest BCUT2D eigenvalue weighted by molar-refractivity contribution is -0.119. The molecule has 1 atom stereocenters. The molecule has 1 aliphatic heterocycles. The van der Waals surface area contributed by atoms with Gasteiger partial charge in [-0.25, -0.2) is 4.98 Å². The van der Waals surface area contributed by atoms with Crippen molar-refractivity contribution in [3.05, 3.63) is 23.0 Å². The topological polar surface area (TPSA) is 71.3 Å². The summed E-state index contributed by atoms with van der Waals surface area (Å²) in [5, 5.41) is 10.6. The van der Waals surface area contributed by atoms with Gasteiger partial charge in [-0.05, 0) is 26.7 Å². The maximum absolute atomic E-state index is 11.7. The van der Waals surface area contributed by atoms with E-state index in [9.17, 15) is 4.79 Å². The van der Waals surface area contributed by atoms with E-state index in [0.717, 1.165) is 47.8 Å². The van der Waals surface area contributed by atoms with Gasteiger partial charge in [0.15, 0.2) is 5.65 Å². The Hall–Kier alpha value is -2.11. The monoisotopic (exact) mass is 273 g/mol. The molecule has 6 nitrogen and oxygen atoms in total. The summed E-state index contributed by atoms with van der Waals surface area (Å²) < 4.78 is 1.80. The Morgan fingerprint density at radius 3 is 2.95 bits per heavy atom. The van der Waals surface area contributed by atoms with Crippen LogP contribution in [0.25, 0.3) is 5.65 Å².